The van der Waals surface area contributed by atoms with E-state index in [-0.39, 0.29) is 0 Å². The Morgan fingerprint density at radius 1 is 0.962 bits per heavy atom. The van der Waals surface area contributed by atoms with Gasteiger partial charge in [0.25, 0.3) is 0 Å². The summed E-state index contributed by atoms with van der Waals surface area (Å²) in [6.07, 6.45) is 2.00. The summed E-state index contributed by atoms with van der Waals surface area (Å²) in [5.74, 6) is 0. The van der Waals surface area contributed by atoms with Crippen LogP contribution in [0.5, 0.6) is 0 Å². The normalized spacial score (nSPS) is 14.1. The lowest BCUT2D eigenvalue weighted by molar-refractivity contribution is 0.628. The van der Waals surface area contributed by atoms with Gasteiger partial charge in [-0.25, -0.2) is 0 Å². The van der Waals surface area contributed by atoms with Crippen LogP contribution in [-0.2, 0) is 25.9 Å². The molecule has 5 heteroatoms. The van der Waals surface area contributed by atoms with Gasteiger partial charge in [-0.05, 0) is 36.2 Å². The number of halogens is 1. The van der Waals surface area contributed by atoms with E-state index in [9.17, 15) is 0 Å². The zero-order chi connectivity index (χ0) is 17.9. The van der Waals surface area contributed by atoms with Crippen LogP contribution in [0.25, 0.3) is 11.3 Å². The number of nitrogens with zero attached hydrogens (tertiary/aromatic N) is 2. The second-order valence-corrected chi connectivity index (χ2v) is 7.15. The van der Waals surface area contributed by atoms with Gasteiger partial charge < -0.3 is 11.1 Å². The monoisotopic (exact) mass is 366 g/mol. The molecule has 0 saturated heterocycles. The van der Waals surface area contributed by atoms with E-state index >= 15 is 0 Å². The fraction of sp³-hybridized carbons (Fsp3) is 0.286. The summed E-state index contributed by atoms with van der Waals surface area (Å²) >= 11 is 6.06. The number of benzene rings is 2. The number of nitrogens with two attached hydrogens (primary N) is 1. The van der Waals surface area contributed by atoms with Crippen molar-refractivity contribution >= 4 is 11.6 Å². The van der Waals surface area contributed by atoms with E-state index in [4.69, 9.17) is 22.4 Å². The first-order valence-corrected chi connectivity index (χ1v) is 9.45. The highest BCUT2D eigenvalue weighted by atomic mass is 35.5. The SMILES string of the molecule is NCc1ccc(Cn2nc(-c3ccc(Cl)cc3)c3c2CCNCC3)cc1. The molecule has 0 unspecified atom stereocenters. The smallest absolute Gasteiger partial charge is 0.0958 e. The van der Waals surface area contributed by atoms with Crippen molar-refractivity contribution in [3.63, 3.8) is 0 Å². The van der Waals surface area contributed by atoms with Gasteiger partial charge in [0, 0.05) is 41.4 Å². The third kappa shape index (κ3) is 3.54. The summed E-state index contributed by atoms with van der Waals surface area (Å²) in [5, 5.41) is 9.24. The van der Waals surface area contributed by atoms with E-state index in [1.165, 1.54) is 16.8 Å². The van der Waals surface area contributed by atoms with Crippen LogP contribution < -0.4 is 11.1 Å². The molecule has 134 valence electrons. The molecule has 2 heterocycles. The van der Waals surface area contributed by atoms with Crippen LogP contribution in [0.4, 0.5) is 0 Å². The van der Waals surface area contributed by atoms with Crippen LogP contribution in [0, 0.1) is 0 Å². The van der Waals surface area contributed by atoms with Crippen molar-refractivity contribution in [1.29, 1.82) is 0 Å². The number of rotatable bonds is 4. The second-order valence-electron chi connectivity index (χ2n) is 6.71. The Morgan fingerprint density at radius 2 is 1.65 bits per heavy atom. The molecule has 0 bridgehead atoms. The van der Waals surface area contributed by atoms with Crippen molar-refractivity contribution in [2.24, 2.45) is 5.73 Å². The maximum Gasteiger partial charge on any atom is 0.0958 e. The van der Waals surface area contributed by atoms with Gasteiger partial charge in [-0.3, -0.25) is 4.68 Å². The first-order chi connectivity index (χ1) is 12.7. The van der Waals surface area contributed by atoms with Crippen molar-refractivity contribution in [1.82, 2.24) is 15.1 Å². The number of hydrogen-bond donors (Lipinski definition) is 2. The Balaban J connectivity index is 1.72. The van der Waals surface area contributed by atoms with Crippen LogP contribution in [0.3, 0.4) is 0 Å². The quantitative estimate of drug-likeness (QED) is 0.744. The highest BCUT2D eigenvalue weighted by Gasteiger charge is 2.20. The molecule has 0 saturated carbocycles. The third-order valence-corrected chi connectivity index (χ3v) is 5.22. The predicted octanol–water partition coefficient (Wildman–Crippen LogP) is 3.40. The molecule has 0 spiro atoms. The zero-order valence-electron chi connectivity index (χ0n) is 14.7. The molecule has 0 amide bonds. The molecule has 0 atom stereocenters. The topological polar surface area (TPSA) is 55.9 Å². The summed E-state index contributed by atoms with van der Waals surface area (Å²) in [6.45, 7) is 3.33. The zero-order valence-corrected chi connectivity index (χ0v) is 15.5. The average Bonchev–Trinajstić information content (AvgIpc) is 2.84. The third-order valence-electron chi connectivity index (χ3n) is 4.97. The molecule has 1 aromatic heterocycles. The minimum absolute atomic E-state index is 0.573. The second kappa shape index (κ2) is 7.62. The highest BCUT2D eigenvalue weighted by molar-refractivity contribution is 6.30. The van der Waals surface area contributed by atoms with Crippen molar-refractivity contribution < 1.29 is 0 Å². The fourth-order valence-corrected chi connectivity index (χ4v) is 3.67. The van der Waals surface area contributed by atoms with Gasteiger partial charge in [-0.1, -0.05) is 48.0 Å². The lowest BCUT2D eigenvalue weighted by Gasteiger charge is -2.08. The van der Waals surface area contributed by atoms with Crippen LogP contribution in [-0.4, -0.2) is 22.9 Å². The lowest BCUT2D eigenvalue weighted by atomic mass is 10.0. The van der Waals surface area contributed by atoms with E-state index in [0.717, 1.165) is 54.3 Å². The predicted molar refractivity (Wildman–Crippen MR) is 106 cm³/mol. The Hall–Kier alpha value is -2.14. The molecule has 26 heavy (non-hydrogen) atoms. The van der Waals surface area contributed by atoms with Crippen LogP contribution in [0.1, 0.15) is 22.4 Å². The Bertz CT molecular complexity index is 882. The lowest BCUT2D eigenvalue weighted by Crippen LogP contribution is -2.17. The van der Waals surface area contributed by atoms with Gasteiger partial charge in [0.2, 0.25) is 0 Å². The van der Waals surface area contributed by atoms with Crippen LogP contribution in [0.2, 0.25) is 5.02 Å². The van der Waals surface area contributed by atoms with E-state index in [1.807, 2.05) is 12.1 Å². The number of fused-ring (bicyclic) bond motifs is 1. The van der Waals surface area contributed by atoms with Gasteiger partial charge >= 0.3 is 0 Å². The molecule has 0 radical (unpaired) electrons. The molecule has 4 nitrogen and oxygen atoms in total. The van der Waals surface area contributed by atoms with E-state index in [2.05, 4.69) is 46.4 Å². The maximum atomic E-state index is 6.06. The van der Waals surface area contributed by atoms with Crippen molar-refractivity contribution in [2.75, 3.05) is 13.1 Å². The summed E-state index contributed by atoms with van der Waals surface area (Å²) in [5.41, 5.74) is 13.0. The summed E-state index contributed by atoms with van der Waals surface area (Å²) in [7, 11) is 0. The van der Waals surface area contributed by atoms with Crippen molar-refractivity contribution in [3.8, 4) is 11.3 Å². The number of hydrogen-bond acceptors (Lipinski definition) is 3. The molecule has 3 N–H and O–H groups in total. The molecule has 2 aromatic carbocycles. The molecule has 1 aliphatic heterocycles. The van der Waals surface area contributed by atoms with Gasteiger partial charge in [0.05, 0.1) is 12.2 Å². The molecular formula is C21H23ClN4. The van der Waals surface area contributed by atoms with Crippen LogP contribution >= 0.6 is 11.6 Å². The highest BCUT2D eigenvalue weighted by Crippen LogP contribution is 2.29. The van der Waals surface area contributed by atoms with Crippen molar-refractivity contribution in [2.45, 2.75) is 25.9 Å². The minimum atomic E-state index is 0.573. The first kappa shape index (κ1) is 17.3. The fourth-order valence-electron chi connectivity index (χ4n) is 3.55. The minimum Gasteiger partial charge on any atom is -0.326 e. The summed E-state index contributed by atoms with van der Waals surface area (Å²) < 4.78 is 2.17. The van der Waals surface area contributed by atoms with Crippen LogP contribution in [0.15, 0.2) is 48.5 Å². The Kier molecular flexibility index (Phi) is 5.07. The Morgan fingerprint density at radius 3 is 2.38 bits per heavy atom. The molecule has 1 aliphatic rings. The van der Waals surface area contributed by atoms with E-state index in [1.54, 1.807) is 0 Å². The maximum absolute atomic E-state index is 6.06. The summed E-state index contributed by atoms with van der Waals surface area (Å²) in [6, 6.07) is 16.5. The summed E-state index contributed by atoms with van der Waals surface area (Å²) in [4.78, 5) is 0. The van der Waals surface area contributed by atoms with Gasteiger partial charge in [0.1, 0.15) is 0 Å². The van der Waals surface area contributed by atoms with Gasteiger partial charge in [-0.2, -0.15) is 5.10 Å². The Labute approximate surface area is 159 Å². The van der Waals surface area contributed by atoms with Gasteiger partial charge in [0.15, 0.2) is 0 Å². The molecule has 3 aromatic rings. The molecular weight excluding hydrogens is 344 g/mol. The number of aromatic nitrogens is 2. The largest absolute Gasteiger partial charge is 0.326 e. The van der Waals surface area contributed by atoms with E-state index in [0.29, 0.717) is 6.54 Å². The molecule has 0 aliphatic carbocycles. The first-order valence-electron chi connectivity index (χ1n) is 9.07. The molecule has 0 fully saturated rings. The van der Waals surface area contributed by atoms with Gasteiger partial charge in [-0.15, -0.1) is 0 Å². The standard InChI is InChI=1S/C21H23ClN4/c22-18-7-5-17(6-8-18)21-19-9-11-24-12-10-20(19)26(25-21)14-16-3-1-15(13-23)2-4-16/h1-8,24H,9-14,23H2. The number of nitrogens with one attached hydrogen (secondary N) is 1. The molecule has 4 rings (SSSR count). The average molecular weight is 367 g/mol. The van der Waals surface area contributed by atoms with E-state index < -0.39 is 0 Å². The van der Waals surface area contributed by atoms with Crippen molar-refractivity contribution in [3.05, 3.63) is 75.9 Å².